The Balaban J connectivity index is 1.55. The summed E-state index contributed by atoms with van der Waals surface area (Å²) in [5.41, 5.74) is 0.882. The Labute approximate surface area is 139 Å². The zero-order valence-electron chi connectivity index (χ0n) is 12.9. The van der Waals surface area contributed by atoms with Crippen LogP contribution in [-0.4, -0.2) is 11.9 Å². The number of benzene rings is 1. The van der Waals surface area contributed by atoms with Crippen LogP contribution in [0.5, 0.6) is 5.75 Å². The number of para-hydroxylation sites is 1. The third-order valence-corrected chi connectivity index (χ3v) is 5.03. The van der Waals surface area contributed by atoms with Crippen LogP contribution in [0.4, 0.5) is 4.39 Å². The molecule has 1 aliphatic carbocycles. The van der Waals surface area contributed by atoms with Crippen LogP contribution in [0.25, 0.3) is 0 Å². The second-order valence-electron chi connectivity index (χ2n) is 5.85. The van der Waals surface area contributed by atoms with Gasteiger partial charge in [0.25, 0.3) is 5.91 Å². The standard InChI is InChI=1S/C18H20FNO2S/c19-15-8-4-5-9-16(15)22-11-13-10-17(23-12-13)18(21)20-14-6-2-1-3-7-14/h4-5,8-10,12,14H,1-3,6-7,11H2,(H,20,21). The quantitative estimate of drug-likeness (QED) is 0.873. The zero-order valence-corrected chi connectivity index (χ0v) is 13.7. The molecule has 2 aromatic rings. The first-order chi connectivity index (χ1) is 11.2. The summed E-state index contributed by atoms with van der Waals surface area (Å²) in [7, 11) is 0. The van der Waals surface area contributed by atoms with Gasteiger partial charge in [0.05, 0.1) is 4.88 Å². The SMILES string of the molecule is O=C(NC1CCCCC1)c1cc(COc2ccccc2F)cs1. The lowest BCUT2D eigenvalue weighted by Crippen LogP contribution is -2.35. The number of amides is 1. The first-order valence-corrected chi connectivity index (χ1v) is 8.86. The van der Waals surface area contributed by atoms with Crippen LogP contribution in [0.1, 0.15) is 47.3 Å². The minimum atomic E-state index is -0.377. The average Bonchev–Trinajstić information content (AvgIpc) is 3.04. The molecule has 1 saturated carbocycles. The van der Waals surface area contributed by atoms with Crippen molar-refractivity contribution in [1.82, 2.24) is 5.32 Å². The number of nitrogens with one attached hydrogen (secondary N) is 1. The Bertz CT molecular complexity index is 665. The molecular weight excluding hydrogens is 313 g/mol. The second-order valence-corrected chi connectivity index (χ2v) is 6.76. The van der Waals surface area contributed by atoms with Gasteiger partial charge < -0.3 is 10.1 Å². The fourth-order valence-electron chi connectivity index (χ4n) is 2.80. The molecule has 0 aliphatic heterocycles. The molecule has 1 aliphatic rings. The maximum atomic E-state index is 13.5. The second kappa shape index (κ2) is 7.59. The largest absolute Gasteiger partial charge is 0.486 e. The molecule has 1 amide bonds. The third-order valence-electron chi connectivity index (χ3n) is 4.05. The molecule has 122 valence electrons. The first-order valence-electron chi connectivity index (χ1n) is 7.98. The summed E-state index contributed by atoms with van der Waals surface area (Å²) in [6, 6.07) is 8.44. The summed E-state index contributed by atoms with van der Waals surface area (Å²) in [6.45, 7) is 0.258. The van der Waals surface area contributed by atoms with Crippen molar-refractivity contribution in [3.63, 3.8) is 0 Å². The van der Waals surface area contributed by atoms with E-state index in [1.807, 2.05) is 11.4 Å². The molecule has 1 heterocycles. The summed E-state index contributed by atoms with van der Waals surface area (Å²) in [5.74, 6) is -0.163. The number of carbonyl (C=O) groups excluding carboxylic acids is 1. The Morgan fingerprint density at radius 1 is 1.26 bits per heavy atom. The van der Waals surface area contributed by atoms with Crippen molar-refractivity contribution < 1.29 is 13.9 Å². The van der Waals surface area contributed by atoms with E-state index in [-0.39, 0.29) is 24.1 Å². The molecule has 0 atom stereocenters. The summed E-state index contributed by atoms with van der Waals surface area (Å²) in [5, 5.41) is 4.99. The molecule has 3 rings (SSSR count). The lowest BCUT2D eigenvalue weighted by atomic mass is 9.95. The average molecular weight is 333 g/mol. The molecule has 1 fully saturated rings. The van der Waals surface area contributed by atoms with Gasteiger partial charge in [-0.25, -0.2) is 4.39 Å². The fraction of sp³-hybridized carbons (Fsp3) is 0.389. The highest BCUT2D eigenvalue weighted by atomic mass is 32.1. The molecule has 1 aromatic heterocycles. The minimum Gasteiger partial charge on any atom is -0.486 e. The molecule has 0 spiro atoms. The predicted molar refractivity (Wildman–Crippen MR) is 89.4 cm³/mol. The van der Waals surface area contributed by atoms with E-state index in [2.05, 4.69) is 5.32 Å². The monoisotopic (exact) mass is 333 g/mol. The van der Waals surface area contributed by atoms with E-state index in [0.717, 1.165) is 18.4 Å². The fourth-order valence-corrected chi connectivity index (χ4v) is 3.60. The van der Waals surface area contributed by atoms with Crippen LogP contribution in [0.2, 0.25) is 0 Å². The van der Waals surface area contributed by atoms with Gasteiger partial charge in [-0.2, -0.15) is 0 Å². The van der Waals surface area contributed by atoms with Crippen LogP contribution in [0.15, 0.2) is 35.7 Å². The third kappa shape index (κ3) is 4.32. The molecule has 5 heteroatoms. The number of hydrogen-bond donors (Lipinski definition) is 1. The van der Waals surface area contributed by atoms with Crippen molar-refractivity contribution in [2.24, 2.45) is 0 Å². The highest BCUT2D eigenvalue weighted by Gasteiger charge is 2.17. The van der Waals surface area contributed by atoms with Crippen LogP contribution in [-0.2, 0) is 6.61 Å². The van der Waals surface area contributed by atoms with E-state index >= 15 is 0 Å². The molecule has 3 nitrogen and oxygen atoms in total. The van der Waals surface area contributed by atoms with Gasteiger partial charge in [0.15, 0.2) is 11.6 Å². The Morgan fingerprint density at radius 3 is 2.83 bits per heavy atom. The van der Waals surface area contributed by atoms with Gasteiger partial charge in [-0.1, -0.05) is 31.4 Å². The maximum absolute atomic E-state index is 13.5. The van der Waals surface area contributed by atoms with Gasteiger partial charge in [-0.3, -0.25) is 4.79 Å². The summed E-state index contributed by atoms with van der Waals surface area (Å²) in [6.07, 6.45) is 5.79. The number of hydrogen-bond acceptors (Lipinski definition) is 3. The van der Waals surface area contributed by atoms with Crippen molar-refractivity contribution in [3.8, 4) is 5.75 Å². The van der Waals surface area contributed by atoms with Gasteiger partial charge in [0.1, 0.15) is 6.61 Å². The number of carbonyl (C=O) groups is 1. The highest BCUT2D eigenvalue weighted by Crippen LogP contribution is 2.21. The topological polar surface area (TPSA) is 38.3 Å². The van der Waals surface area contributed by atoms with E-state index in [1.165, 1.54) is 36.7 Å². The van der Waals surface area contributed by atoms with Crippen LogP contribution in [0.3, 0.4) is 0 Å². The molecule has 0 bridgehead atoms. The number of rotatable bonds is 5. The minimum absolute atomic E-state index is 0.0148. The number of halogens is 1. The van der Waals surface area contributed by atoms with Crippen molar-refractivity contribution in [3.05, 3.63) is 52.0 Å². The zero-order chi connectivity index (χ0) is 16.1. The molecule has 1 aromatic carbocycles. The summed E-state index contributed by atoms with van der Waals surface area (Å²) < 4.78 is 19.0. The van der Waals surface area contributed by atoms with Gasteiger partial charge in [-0.05, 0) is 36.4 Å². The van der Waals surface area contributed by atoms with Crippen LogP contribution >= 0.6 is 11.3 Å². The molecule has 0 saturated heterocycles. The Morgan fingerprint density at radius 2 is 2.04 bits per heavy atom. The van der Waals surface area contributed by atoms with E-state index in [9.17, 15) is 9.18 Å². The van der Waals surface area contributed by atoms with Gasteiger partial charge >= 0.3 is 0 Å². The molecule has 0 radical (unpaired) electrons. The molecule has 0 unspecified atom stereocenters. The van der Waals surface area contributed by atoms with Gasteiger partial charge in [-0.15, -0.1) is 11.3 Å². The summed E-state index contributed by atoms with van der Waals surface area (Å²) in [4.78, 5) is 12.9. The van der Waals surface area contributed by atoms with Gasteiger partial charge in [0.2, 0.25) is 0 Å². The maximum Gasteiger partial charge on any atom is 0.261 e. The lowest BCUT2D eigenvalue weighted by Gasteiger charge is -2.22. The smallest absolute Gasteiger partial charge is 0.261 e. The molecular formula is C18H20FNO2S. The van der Waals surface area contributed by atoms with Crippen LogP contribution in [0, 0.1) is 5.82 Å². The van der Waals surface area contributed by atoms with Crippen molar-refractivity contribution >= 4 is 17.2 Å². The first kappa shape index (κ1) is 16.0. The predicted octanol–water partition coefficient (Wildman–Crippen LogP) is 4.53. The van der Waals surface area contributed by atoms with Crippen molar-refractivity contribution in [2.45, 2.75) is 44.8 Å². The molecule has 1 N–H and O–H groups in total. The normalized spacial score (nSPS) is 15.3. The van der Waals surface area contributed by atoms with E-state index in [0.29, 0.717) is 10.9 Å². The number of ether oxygens (including phenoxy) is 1. The number of thiophene rings is 1. The van der Waals surface area contributed by atoms with Gasteiger partial charge in [0, 0.05) is 11.6 Å². The van der Waals surface area contributed by atoms with E-state index in [4.69, 9.17) is 4.74 Å². The van der Waals surface area contributed by atoms with E-state index < -0.39 is 0 Å². The van der Waals surface area contributed by atoms with Crippen LogP contribution < -0.4 is 10.1 Å². The lowest BCUT2D eigenvalue weighted by molar-refractivity contribution is 0.0932. The van der Waals surface area contributed by atoms with Crippen molar-refractivity contribution in [1.29, 1.82) is 0 Å². The Kier molecular flexibility index (Phi) is 5.28. The Hall–Kier alpha value is -1.88. The van der Waals surface area contributed by atoms with E-state index in [1.54, 1.807) is 18.2 Å². The highest BCUT2D eigenvalue weighted by molar-refractivity contribution is 7.12. The summed E-state index contributed by atoms with van der Waals surface area (Å²) >= 11 is 1.40. The van der Waals surface area contributed by atoms with Crippen molar-refractivity contribution in [2.75, 3.05) is 0 Å². The molecule has 23 heavy (non-hydrogen) atoms.